The first-order valence-corrected chi connectivity index (χ1v) is 31.5. The van der Waals surface area contributed by atoms with E-state index < -0.39 is 0 Å². The second-order valence-corrected chi connectivity index (χ2v) is 26.5. The molecule has 6 aromatic heterocycles. The van der Waals surface area contributed by atoms with Crippen molar-refractivity contribution < 1.29 is 9.47 Å². The van der Waals surface area contributed by atoms with E-state index >= 15 is 0 Å². The third-order valence-corrected chi connectivity index (χ3v) is 16.9. The van der Waals surface area contributed by atoms with Crippen LogP contribution in [0.15, 0.2) is 128 Å². The molecule has 5 aliphatic heterocycles. The molecule has 0 bridgehead atoms. The van der Waals surface area contributed by atoms with Crippen LogP contribution in [0.25, 0.3) is 11.6 Å². The number of nitrogens with zero attached hydrogens (tertiary/aromatic N) is 8. The van der Waals surface area contributed by atoms with E-state index in [1.54, 1.807) is 0 Å². The van der Waals surface area contributed by atoms with Gasteiger partial charge in [-0.05, 0) is 155 Å². The molecule has 0 aliphatic carbocycles. The Labute approximate surface area is 544 Å². The lowest BCUT2D eigenvalue weighted by molar-refractivity contribution is -0.0375. The van der Waals surface area contributed by atoms with Gasteiger partial charge in [0.2, 0.25) is 0 Å². The van der Waals surface area contributed by atoms with Crippen molar-refractivity contribution in [1.29, 1.82) is 0 Å². The van der Waals surface area contributed by atoms with Gasteiger partial charge in [-0.25, -0.2) is 4.52 Å². The highest BCUT2D eigenvalue weighted by molar-refractivity contribution is 5.54. The molecule has 10 heteroatoms. The topological polar surface area (TPSA) is 81.3 Å². The van der Waals surface area contributed by atoms with Gasteiger partial charge in [0.15, 0.2) is 0 Å². The quantitative estimate of drug-likeness (QED) is 0.151. The summed E-state index contributed by atoms with van der Waals surface area (Å²) in [4.78, 5) is 0. The van der Waals surface area contributed by atoms with Crippen LogP contribution in [0.1, 0.15) is 265 Å². The molecule has 8 aromatic rings. The molecule has 2 atom stereocenters. The van der Waals surface area contributed by atoms with E-state index in [1.807, 2.05) is 41.4 Å². The number of fused-ring (bicyclic) bond motifs is 6. The van der Waals surface area contributed by atoms with E-state index in [0.29, 0.717) is 35.7 Å². The van der Waals surface area contributed by atoms with Crippen molar-refractivity contribution in [2.24, 2.45) is 17.3 Å². The summed E-state index contributed by atoms with van der Waals surface area (Å²) in [7, 11) is 0. The normalized spacial score (nSPS) is 14.7. The summed E-state index contributed by atoms with van der Waals surface area (Å²) in [5.74, 6) is 4.64. The zero-order valence-electron chi connectivity index (χ0n) is 53.9. The Kier molecular flexibility index (Phi) is 34.9. The van der Waals surface area contributed by atoms with E-state index in [0.717, 1.165) is 57.7 Å². The fourth-order valence-corrected chi connectivity index (χ4v) is 11.1. The number of aromatic nitrogens is 8. The summed E-state index contributed by atoms with van der Waals surface area (Å²) in [6.45, 7) is 42.4. The van der Waals surface area contributed by atoms with Crippen LogP contribution < -0.4 is 0 Å². The third-order valence-electron chi connectivity index (χ3n) is 16.9. The van der Waals surface area contributed by atoms with E-state index in [1.165, 1.54) is 111 Å². The van der Waals surface area contributed by atoms with Gasteiger partial charge in [0.1, 0.15) is 0 Å². The standard InChI is InChI=1S/C13H18O.C12H18.C10H12N2.C10H15N.C10H13N.C9H14N2O.C9H14N2.6CH4/c1-13(2,3)12-8-10-6-4-5-7-11(10)9-14-12;1-10(2)11(3)9-12-7-5-4-6-8-12;1-8(2)9-7-11-12-6-4-3-5-10(9)12;2*1-8(2)9-6-10-4-3-5-11(10)7-9;1-7(2)8-5-10-11-3-4-12-6-9(8)11;1-7(2)8-6-10-11-5-3-4-9(8)11;;;;;;/h4-7,12H,8-9H2,1-3H3;4-8,10-11H,9H2,1-3H3;3-8H,1-2H3;6-8H,3-5H2,1-2H3;3-4,6-8H,5H2,1-2H3;5,7H,3-4,6H2,1-2H3;6-7H,3-5H2,1-2H3;6*1H4. The van der Waals surface area contributed by atoms with Crippen molar-refractivity contribution in [3.8, 4) is 0 Å². The summed E-state index contributed by atoms with van der Waals surface area (Å²) in [6, 6.07) is 30.1. The fourth-order valence-electron chi connectivity index (χ4n) is 11.1. The van der Waals surface area contributed by atoms with Gasteiger partial charge in [0, 0.05) is 60.9 Å². The summed E-state index contributed by atoms with van der Waals surface area (Å²) in [5, 5.41) is 12.9. The predicted molar refractivity (Wildman–Crippen MR) is 387 cm³/mol. The number of hydrogen-bond acceptors (Lipinski definition) is 5. The SMILES string of the molecule is C.C.C.C.C.C.CC(C)(C)C1Cc2ccccc2CO1.CC(C)C(C)Cc1ccccc1.CC(C)c1cc2n(c1)CC=C2.CC(C)c1cc2n(c1)CCC2.CC(C)c1cnn2c1CCC2.CC(C)c1cnn2c1COCC2.CC(C)c1cnn2ccccc12. The Morgan fingerprint density at radius 2 is 1.11 bits per heavy atom. The molecule has 0 saturated carbocycles. The van der Waals surface area contributed by atoms with E-state index in [4.69, 9.17) is 9.47 Å². The van der Waals surface area contributed by atoms with Gasteiger partial charge in [0.05, 0.1) is 62.3 Å². The highest BCUT2D eigenvalue weighted by atomic mass is 16.5. The van der Waals surface area contributed by atoms with Crippen LogP contribution in [0.3, 0.4) is 0 Å². The lowest BCUT2D eigenvalue weighted by Crippen LogP contribution is -2.34. The first-order valence-electron chi connectivity index (χ1n) is 31.5. The molecule has 0 amide bonds. The largest absolute Gasteiger partial charge is 0.373 e. The van der Waals surface area contributed by atoms with Gasteiger partial charge in [-0.3, -0.25) is 9.36 Å². The molecule has 11 heterocycles. The molecule has 2 aromatic carbocycles. The van der Waals surface area contributed by atoms with Crippen LogP contribution in [0, 0.1) is 17.3 Å². The highest BCUT2D eigenvalue weighted by Gasteiger charge is 2.29. The molecule has 2 unspecified atom stereocenters. The molecule has 89 heavy (non-hydrogen) atoms. The van der Waals surface area contributed by atoms with Crippen LogP contribution in [0.5, 0.6) is 0 Å². The molecular weight excluding hydrogens is 1090 g/mol. The molecule has 13 rings (SSSR count). The monoisotopic (exact) mass is 1220 g/mol. The van der Waals surface area contributed by atoms with Crippen LogP contribution in [-0.4, -0.2) is 51.0 Å². The molecule has 10 nitrogen and oxygen atoms in total. The van der Waals surface area contributed by atoms with Gasteiger partial charge in [-0.2, -0.15) is 15.3 Å². The average molecular weight is 1220 g/mol. The van der Waals surface area contributed by atoms with Gasteiger partial charge < -0.3 is 18.6 Å². The van der Waals surface area contributed by atoms with E-state index in [-0.39, 0.29) is 50.0 Å². The fraction of sp³-hybridized carbons (Fsp3) is 0.557. The molecule has 0 radical (unpaired) electrons. The smallest absolute Gasteiger partial charge is 0.0888 e. The van der Waals surface area contributed by atoms with Gasteiger partial charge in [-0.1, -0.05) is 222 Å². The third kappa shape index (κ3) is 22.9. The maximum atomic E-state index is 5.87. The Morgan fingerprint density at radius 1 is 0.551 bits per heavy atom. The van der Waals surface area contributed by atoms with Crippen molar-refractivity contribution in [2.45, 2.75) is 269 Å². The van der Waals surface area contributed by atoms with Crippen molar-refractivity contribution in [1.82, 2.24) is 38.3 Å². The number of benzene rings is 2. The molecule has 0 spiro atoms. The minimum absolute atomic E-state index is 0. The minimum atomic E-state index is 0. The minimum Gasteiger partial charge on any atom is -0.373 e. The second kappa shape index (κ2) is 38.5. The maximum Gasteiger partial charge on any atom is 0.0888 e. The number of aryl methyl sites for hydroxylation is 3. The average Bonchev–Trinajstić information content (AvgIpc) is 2.12. The Morgan fingerprint density at radius 3 is 1.71 bits per heavy atom. The first kappa shape index (κ1) is 80.8. The number of hydrogen-bond donors (Lipinski definition) is 0. The molecule has 0 saturated heterocycles. The number of ether oxygens (including phenoxy) is 2. The van der Waals surface area contributed by atoms with E-state index in [9.17, 15) is 0 Å². The van der Waals surface area contributed by atoms with E-state index in [2.05, 4.69) is 242 Å². The Balaban J connectivity index is 0.000000514. The maximum absolute atomic E-state index is 5.87. The molecular formula is C79H128N8O2. The summed E-state index contributed by atoms with van der Waals surface area (Å²) in [5.41, 5.74) is 18.4. The van der Waals surface area contributed by atoms with Gasteiger partial charge in [0.25, 0.3) is 0 Å². The summed E-state index contributed by atoms with van der Waals surface area (Å²) in [6.07, 6.45) is 24.6. The summed E-state index contributed by atoms with van der Waals surface area (Å²) >= 11 is 0. The number of rotatable bonds is 8. The second-order valence-electron chi connectivity index (χ2n) is 26.5. The van der Waals surface area contributed by atoms with Gasteiger partial charge in [-0.15, -0.1) is 0 Å². The molecule has 5 aliphatic rings. The molecule has 0 N–H and O–H groups in total. The Bertz CT molecular complexity index is 3200. The van der Waals surface area contributed by atoms with Crippen molar-refractivity contribution in [2.75, 3.05) is 6.61 Å². The van der Waals surface area contributed by atoms with Crippen LogP contribution >= 0.6 is 0 Å². The number of pyridine rings is 1. The lowest BCUT2D eigenvalue weighted by Gasteiger charge is -2.34. The van der Waals surface area contributed by atoms with Crippen LogP contribution in [-0.2, 0) is 74.5 Å². The summed E-state index contributed by atoms with van der Waals surface area (Å²) < 4.78 is 22.1. The zero-order valence-corrected chi connectivity index (χ0v) is 53.9. The lowest BCUT2D eigenvalue weighted by atomic mass is 9.83. The van der Waals surface area contributed by atoms with Crippen LogP contribution in [0.2, 0.25) is 0 Å². The highest BCUT2D eigenvalue weighted by Crippen LogP contribution is 2.32. The first-order chi connectivity index (χ1) is 39.7. The van der Waals surface area contributed by atoms with Gasteiger partial charge >= 0.3 is 0 Å². The van der Waals surface area contributed by atoms with Crippen molar-refractivity contribution >= 4 is 11.6 Å². The Hall–Kier alpha value is -6.23. The van der Waals surface area contributed by atoms with Crippen LogP contribution in [0.4, 0.5) is 0 Å². The number of allylic oxidation sites excluding steroid dienone is 1. The molecule has 0 fully saturated rings. The van der Waals surface area contributed by atoms with Crippen molar-refractivity contribution in [3.63, 3.8) is 0 Å². The predicted octanol–water partition coefficient (Wildman–Crippen LogP) is 21.7. The van der Waals surface area contributed by atoms with Crippen molar-refractivity contribution in [3.05, 3.63) is 195 Å². The molecule has 496 valence electrons. The zero-order chi connectivity index (χ0) is 59.8.